The fraction of sp³-hybridized carbons (Fsp3) is 0.778. The van der Waals surface area contributed by atoms with Crippen LogP contribution in [0.3, 0.4) is 0 Å². The van der Waals surface area contributed by atoms with Crippen LogP contribution in [0.2, 0.25) is 0 Å². The Bertz CT molecular complexity index is 505. The van der Waals surface area contributed by atoms with Crippen molar-refractivity contribution in [2.75, 3.05) is 0 Å². The summed E-state index contributed by atoms with van der Waals surface area (Å²) in [6.45, 7) is 5.05. The van der Waals surface area contributed by atoms with Crippen molar-refractivity contribution in [2.45, 2.75) is 64.8 Å². The average molecular weight is 288 g/mol. The summed E-state index contributed by atoms with van der Waals surface area (Å²) in [5, 5.41) is 0. The Hall–Kier alpha value is -0.800. The summed E-state index contributed by atoms with van der Waals surface area (Å²) in [4.78, 5) is 0. The fourth-order valence-corrected chi connectivity index (χ4v) is 7.02. The van der Waals surface area contributed by atoms with Gasteiger partial charge in [0.2, 0.25) is 0 Å². The molecular weight excluding hydrogens is 260 g/mol. The van der Waals surface area contributed by atoms with E-state index in [0.717, 1.165) is 12.3 Å². The molecule has 116 valence electrons. The molecule has 0 aliphatic heterocycles. The maximum absolute atomic E-state index is 6.02. The van der Waals surface area contributed by atoms with Gasteiger partial charge in [-0.15, -0.1) is 0 Å². The quantitative estimate of drug-likeness (QED) is 0.657. The molecule has 0 spiro atoms. The van der Waals surface area contributed by atoms with Gasteiger partial charge in [-0.3, -0.25) is 11.3 Å². The van der Waals surface area contributed by atoms with Crippen LogP contribution in [0.25, 0.3) is 0 Å². The van der Waals surface area contributed by atoms with E-state index in [4.69, 9.17) is 10.3 Å². The van der Waals surface area contributed by atoms with Crippen LogP contribution >= 0.6 is 0 Å². The van der Waals surface area contributed by atoms with Crippen molar-refractivity contribution in [3.63, 3.8) is 0 Å². The van der Waals surface area contributed by atoms with E-state index in [-0.39, 0.29) is 0 Å². The van der Waals surface area contributed by atoms with Crippen molar-refractivity contribution >= 4 is 0 Å². The topological polar surface area (TPSA) is 51.2 Å². The molecule has 3 nitrogen and oxygen atoms in total. The summed E-state index contributed by atoms with van der Waals surface area (Å²) in [5.74, 6) is 6.93. The minimum Gasteiger partial charge on any atom is -0.472 e. The van der Waals surface area contributed by atoms with Crippen molar-refractivity contribution < 1.29 is 4.42 Å². The number of nitrogens with two attached hydrogens (primary N) is 1. The van der Waals surface area contributed by atoms with Crippen LogP contribution in [0.15, 0.2) is 23.0 Å². The van der Waals surface area contributed by atoms with Crippen LogP contribution < -0.4 is 11.3 Å². The number of nitrogens with one attached hydrogen (secondary N) is 1. The molecule has 1 heterocycles. The first-order valence-corrected chi connectivity index (χ1v) is 8.42. The molecule has 3 atom stereocenters. The molecule has 1 aromatic heterocycles. The van der Waals surface area contributed by atoms with E-state index in [9.17, 15) is 0 Å². The molecular formula is C18H28N2O. The number of hydrogen-bond donors (Lipinski definition) is 2. The molecule has 4 aliphatic rings. The predicted octanol–water partition coefficient (Wildman–Crippen LogP) is 3.65. The SMILES string of the molecule is CC12CC3CC(C)(C1)CC(C(Cc1ccoc1)NN)(C3)C2. The first-order chi connectivity index (χ1) is 9.94. The third-order valence-electron chi connectivity index (χ3n) is 6.63. The van der Waals surface area contributed by atoms with Gasteiger partial charge < -0.3 is 4.42 Å². The summed E-state index contributed by atoms with van der Waals surface area (Å²) in [7, 11) is 0. The Morgan fingerprint density at radius 2 is 1.95 bits per heavy atom. The van der Waals surface area contributed by atoms with Crippen molar-refractivity contribution in [3.8, 4) is 0 Å². The lowest BCUT2D eigenvalue weighted by Gasteiger charge is -2.67. The maximum Gasteiger partial charge on any atom is 0.0935 e. The molecule has 3 unspecified atom stereocenters. The van der Waals surface area contributed by atoms with Crippen LogP contribution in [-0.4, -0.2) is 6.04 Å². The number of furan rings is 1. The second-order valence-corrected chi connectivity index (χ2v) is 9.05. The van der Waals surface area contributed by atoms with Gasteiger partial charge in [0.05, 0.1) is 12.5 Å². The molecule has 0 amide bonds. The Morgan fingerprint density at radius 1 is 1.24 bits per heavy atom. The van der Waals surface area contributed by atoms with E-state index in [0.29, 0.717) is 22.3 Å². The van der Waals surface area contributed by atoms with Gasteiger partial charge in [-0.25, -0.2) is 0 Å². The standard InChI is InChI=1S/C18H28N2O/c1-16-6-14-7-17(2,10-16)12-18(8-14,11-16)15(20-19)5-13-3-4-21-9-13/h3-4,9,14-15,20H,5-8,10-12,19H2,1-2H3. The molecule has 4 bridgehead atoms. The Morgan fingerprint density at radius 3 is 2.48 bits per heavy atom. The van der Waals surface area contributed by atoms with E-state index in [1.807, 2.05) is 6.26 Å². The van der Waals surface area contributed by atoms with E-state index in [1.165, 1.54) is 44.1 Å². The lowest BCUT2D eigenvalue weighted by atomic mass is 9.39. The summed E-state index contributed by atoms with van der Waals surface area (Å²) in [6.07, 6.45) is 13.0. The van der Waals surface area contributed by atoms with Gasteiger partial charge in [0.15, 0.2) is 0 Å². The Labute approximate surface area is 127 Å². The summed E-state index contributed by atoms with van der Waals surface area (Å²) < 4.78 is 5.25. The third-order valence-corrected chi connectivity index (χ3v) is 6.63. The Balaban J connectivity index is 1.66. The zero-order valence-electron chi connectivity index (χ0n) is 13.3. The molecule has 4 fully saturated rings. The van der Waals surface area contributed by atoms with Crippen molar-refractivity contribution in [3.05, 3.63) is 24.2 Å². The van der Waals surface area contributed by atoms with Crippen LogP contribution in [0, 0.1) is 22.2 Å². The molecule has 3 heteroatoms. The van der Waals surface area contributed by atoms with E-state index >= 15 is 0 Å². The zero-order chi connectivity index (χ0) is 14.7. The van der Waals surface area contributed by atoms with Crippen LogP contribution in [0.4, 0.5) is 0 Å². The highest BCUT2D eigenvalue weighted by molar-refractivity contribution is 5.16. The maximum atomic E-state index is 6.02. The monoisotopic (exact) mass is 288 g/mol. The molecule has 4 saturated carbocycles. The molecule has 0 aromatic carbocycles. The molecule has 1 aromatic rings. The zero-order valence-corrected chi connectivity index (χ0v) is 13.3. The second-order valence-electron chi connectivity index (χ2n) is 9.05. The molecule has 0 saturated heterocycles. The second kappa shape index (κ2) is 4.36. The Kier molecular flexibility index (Phi) is 2.87. The van der Waals surface area contributed by atoms with E-state index in [1.54, 1.807) is 6.26 Å². The number of hydrogen-bond acceptors (Lipinski definition) is 3. The van der Waals surface area contributed by atoms with Crippen LogP contribution in [0.1, 0.15) is 57.9 Å². The summed E-state index contributed by atoms with van der Waals surface area (Å²) in [6, 6.07) is 2.45. The van der Waals surface area contributed by atoms with Crippen molar-refractivity contribution in [1.82, 2.24) is 5.43 Å². The minimum atomic E-state index is 0.372. The summed E-state index contributed by atoms with van der Waals surface area (Å²) in [5.41, 5.74) is 5.92. The van der Waals surface area contributed by atoms with Crippen LogP contribution in [-0.2, 0) is 6.42 Å². The average Bonchev–Trinajstić information content (AvgIpc) is 2.83. The fourth-order valence-electron chi connectivity index (χ4n) is 7.02. The molecule has 3 N–H and O–H groups in total. The highest BCUT2D eigenvalue weighted by Crippen LogP contribution is 2.70. The molecule has 0 radical (unpaired) electrons. The van der Waals surface area contributed by atoms with Gasteiger partial charge >= 0.3 is 0 Å². The van der Waals surface area contributed by atoms with Crippen LogP contribution in [0.5, 0.6) is 0 Å². The van der Waals surface area contributed by atoms with E-state index < -0.39 is 0 Å². The number of rotatable bonds is 4. The lowest BCUT2D eigenvalue weighted by molar-refractivity contribution is -0.157. The summed E-state index contributed by atoms with van der Waals surface area (Å²) >= 11 is 0. The molecule has 4 aliphatic carbocycles. The van der Waals surface area contributed by atoms with Gasteiger partial charge in [0.25, 0.3) is 0 Å². The minimum absolute atomic E-state index is 0.372. The van der Waals surface area contributed by atoms with Gasteiger partial charge in [-0.05, 0) is 78.7 Å². The number of hydrazine groups is 1. The highest BCUT2D eigenvalue weighted by Gasteiger charge is 2.61. The van der Waals surface area contributed by atoms with Gasteiger partial charge in [-0.2, -0.15) is 0 Å². The van der Waals surface area contributed by atoms with Crippen molar-refractivity contribution in [1.29, 1.82) is 0 Å². The van der Waals surface area contributed by atoms with Gasteiger partial charge in [0, 0.05) is 6.04 Å². The normalized spacial score (nSPS) is 46.0. The molecule has 21 heavy (non-hydrogen) atoms. The first kappa shape index (κ1) is 13.8. The first-order valence-electron chi connectivity index (χ1n) is 8.42. The van der Waals surface area contributed by atoms with E-state index in [2.05, 4.69) is 25.3 Å². The lowest BCUT2D eigenvalue weighted by Crippen LogP contribution is -2.62. The molecule has 5 rings (SSSR count). The van der Waals surface area contributed by atoms with Crippen molar-refractivity contribution in [2.24, 2.45) is 28.0 Å². The van der Waals surface area contributed by atoms with Gasteiger partial charge in [-0.1, -0.05) is 13.8 Å². The van der Waals surface area contributed by atoms with Gasteiger partial charge in [0.1, 0.15) is 0 Å². The largest absolute Gasteiger partial charge is 0.472 e. The smallest absolute Gasteiger partial charge is 0.0935 e. The highest BCUT2D eigenvalue weighted by atomic mass is 16.3. The third kappa shape index (κ3) is 2.17. The predicted molar refractivity (Wildman–Crippen MR) is 83.4 cm³/mol.